The molecule has 4 heteroatoms. The van der Waals surface area contributed by atoms with Crippen molar-refractivity contribution < 1.29 is 0 Å². The van der Waals surface area contributed by atoms with Gasteiger partial charge in [-0.25, -0.2) is 0 Å². The molecule has 1 heterocycles. The first-order valence-corrected chi connectivity index (χ1v) is 17.4. The number of benzene rings is 1. The Morgan fingerprint density at radius 1 is 0.800 bits per heavy atom. The zero-order chi connectivity index (χ0) is 6.81. The molecule has 0 amide bonds. The summed E-state index contributed by atoms with van der Waals surface area (Å²) in [6.45, 7) is 0. The van der Waals surface area contributed by atoms with Crippen molar-refractivity contribution in [3.63, 3.8) is 0 Å². The van der Waals surface area contributed by atoms with Gasteiger partial charge in [0.2, 0.25) is 0 Å². The number of fused-ring (bicyclic) bond motifs is 1. The van der Waals surface area contributed by atoms with Crippen molar-refractivity contribution in [3.8, 4) is 0 Å². The second-order valence-electron chi connectivity index (χ2n) is 1.75. The predicted octanol–water partition coefficient (Wildman–Crippen LogP) is 0.192. The summed E-state index contributed by atoms with van der Waals surface area (Å²) in [5, 5.41) is 0. The third-order valence-corrected chi connectivity index (χ3v) is 37.6. The van der Waals surface area contributed by atoms with E-state index in [2.05, 4.69) is 24.3 Å². The van der Waals surface area contributed by atoms with E-state index in [4.69, 9.17) is 0 Å². The zero-order valence-corrected chi connectivity index (χ0v) is 11.8. The molecule has 10 heavy (non-hydrogen) atoms. The maximum atomic E-state index is 2.33. The van der Waals surface area contributed by atoms with Crippen molar-refractivity contribution in [2.24, 2.45) is 0 Å². The van der Waals surface area contributed by atoms with E-state index >= 15 is 0 Å². The minimum atomic E-state index is 0.892. The molecule has 2 rings (SSSR count). The summed E-state index contributed by atoms with van der Waals surface area (Å²) < 4.78 is 3.42. The van der Waals surface area contributed by atoms with Crippen LogP contribution in [-0.4, -0.2) is 46.8 Å². The van der Waals surface area contributed by atoms with Crippen LogP contribution < -0.4 is 0 Å². The molecule has 0 N–H and O–H groups in total. The van der Waals surface area contributed by atoms with Crippen molar-refractivity contribution in [2.75, 3.05) is 0 Å². The third kappa shape index (κ3) is 1.72. The standard InChI is InChI=1S/C6H4Se4/c1-2-4-6-5(3-1)7-9-10-8-6/h1-4H. The van der Waals surface area contributed by atoms with Crippen LogP contribution >= 0.6 is 0 Å². The summed E-state index contributed by atoms with van der Waals surface area (Å²) in [5.74, 6) is 0. The van der Waals surface area contributed by atoms with E-state index in [1.54, 1.807) is 8.52 Å². The van der Waals surface area contributed by atoms with Crippen LogP contribution in [0.5, 0.6) is 0 Å². The normalized spacial score (nSPS) is 10.0. The van der Waals surface area contributed by atoms with Gasteiger partial charge in [0.25, 0.3) is 0 Å². The first-order chi connectivity index (χ1) is 4.97. The summed E-state index contributed by atoms with van der Waals surface area (Å²) in [6, 6.07) is 9.03. The molecule has 0 fully saturated rings. The summed E-state index contributed by atoms with van der Waals surface area (Å²) in [7, 11) is 2.10. The molecule has 0 radical (unpaired) electrons. The van der Waals surface area contributed by atoms with Crippen LogP contribution in [0.3, 0.4) is 0 Å². The molecule has 0 atom stereocenters. The SMILES string of the molecule is c1ccc2[se][se][se][se]c2c1. The second-order valence-corrected chi connectivity index (χ2v) is 26.9. The quantitative estimate of drug-likeness (QED) is 0.563. The van der Waals surface area contributed by atoms with E-state index < -0.39 is 0 Å². The third-order valence-electron chi connectivity index (χ3n) is 1.12. The molecule has 0 saturated carbocycles. The fourth-order valence-corrected chi connectivity index (χ4v) is 39.2. The van der Waals surface area contributed by atoms with Crippen LogP contribution in [0.15, 0.2) is 24.3 Å². The van der Waals surface area contributed by atoms with Gasteiger partial charge in [0, 0.05) is 0 Å². The van der Waals surface area contributed by atoms with E-state index in [9.17, 15) is 0 Å². The van der Waals surface area contributed by atoms with Gasteiger partial charge in [0.15, 0.2) is 0 Å². The van der Waals surface area contributed by atoms with E-state index in [-0.39, 0.29) is 0 Å². The second kappa shape index (κ2) is 3.80. The summed E-state index contributed by atoms with van der Waals surface area (Å²) in [6.07, 6.45) is 0. The van der Waals surface area contributed by atoms with Gasteiger partial charge < -0.3 is 0 Å². The van der Waals surface area contributed by atoms with Crippen molar-refractivity contribution in [2.45, 2.75) is 0 Å². The molecule has 0 spiro atoms. The van der Waals surface area contributed by atoms with E-state index in [1.807, 2.05) is 0 Å². The Morgan fingerprint density at radius 3 is 1.80 bits per heavy atom. The Bertz CT molecular complexity index is 281. The van der Waals surface area contributed by atoms with E-state index in [0.717, 1.165) is 46.8 Å². The Labute approximate surface area is 78.7 Å². The van der Waals surface area contributed by atoms with Gasteiger partial charge >= 0.3 is 79.6 Å². The van der Waals surface area contributed by atoms with Crippen LogP contribution in [0.25, 0.3) is 8.52 Å². The van der Waals surface area contributed by atoms with Crippen LogP contribution in [0, 0.1) is 0 Å². The predicted molar refractivity (Wildman–Crippen MR) is 49.3 cm³/mol. The molecule has 0 saturated heterocycles. The fraction of sp³-hybridized carbons (Fsp3) is 0. The van der Waals surface area contributed by atoms with Crippen LogP contribution in [0.2, 0.25) is 0 Å². The summed E-state index contributed by atoms with van der Waals surface area (Å²) >= 11 is 1.78. The van der Waals surface area contributed by atoms with Gasteiger partial charge in [-0.15, -0.1) is 0 Å². The molecule has 1 aromatic heterocycles. The van der Waals surface area contributed by atoms with Gasteiger partial charge in [-0.1, -0.05) is 0 Å². The van der Waals surface area contributed by atoms with E-state index in [1.165, 1.54) is 0 Å². The molecule has 0 unspecified atom stereocenters. The average molecular weight is 392 g/mol. The Balaban J connectivity index is 2.89. The van der Waals surface area contributed by atoms with Gasteiger partial charge in [0.1, 0.15) is 0 Å². The van der Waals surface area contributed by atoms with E-state index in [0.29, 0.717) is 0 Å². The van der Waals surface area contributed by atoms with Crippen LogP contribution in [0.4, 0.5) is 0 Å². The average Bonchev–Trinajstić information content (AvgIpc) is 2.05. The Morgan fingerprint density at radius 2 is 1.30 bits per heavy atom. The fourth-order valence-electron chi connectivity index (χ4n) is 0.689. The topological polar surface area (TPSA) is 0 Å². The van der Waals surface area contributed by atoms with Gasteiger partial charge in [-0.3, -0.25) is 0 Å². The van der Waals surface area contributed by atoms with Gasteiger partial charge in [-0.2, -0.15) is 0 Å². The first kappa shape index (κ1) is 7.92. The molecular weight excluding hydrogens is 388 g/mol. The van der Waals surface area contributed by atoms with Gasteiger partial charge in [0.05, 0.1) is 0 Å². The molecule has 1 aromatic carbocycles. The van der Waals surface area contributed by atoms with Crippen molar-refractivity contribution in [3.05, 3.63) is 24.3 Å². The molecule has 0 bridgehead atoms. The number of hydrogen-bond donors (Lipinski definition) is 0. The summed E-state index contributed by atoms with van der Waals surface area (Å²) in [5.41, 5.74) is 0. The number of rotatable bonds is 0. The molecule has 0 aliphatic rings. The van der Waals surface area contributed by atoms with Crippen LogP contribution in [0.1, 0.15) is 0 Å². The Hall–Kier alpha value is 1.30. The van der Waals surface area contributed by atoms with Crippen LogP contribution in [-0.2, 0) is 0 Å². The minimum absolute atomic E-state index is 0.892. The Kier molecular flexibility index (Phi) is 3.01. The first-order valence-electron chi connectivity index (χ1n) is 2.74. The van der Waals surface area contributed by atoms with Gasteiger partial charge in [-0.05, 0) is 0 Å². The summed E-state index contributed by atoms with van der Waals surface area (Å²) in [4.78, 5) is 0. The molecule has 2 aromatic rings. The molecule has 52 valence electrons. The maximum absolute atomic E-state index is 2.33. The van der Waals surface area contributed by atoms with Crippen molar-refractivity contribution >= 4 is 55.3 Å². The molecule has 0 aliphatic carbocycles. The molecular formula is C6H4Se4. The zero-order valence-electron chi connectivity index (χ0n) is 4.94. The molecule has 0 aliphatic heterocycles. The van der Waals surface area contributed by atoms with Crippen molar-refractivity contribution in [1.82, 2.24) is 0 Å². The van der Waals surface area contributed by atoms with Crippen molar-refractivity contribution in [1.29, 1.82) is 0 Å². The molecule has 0 nitrogen and oxygen atoms in total. The monoisotopic (exact) mass is 396 g/mol. The number of hydrogen-bond acceptors (Lipinski definition) is 0.